The number of hydrogen-bond acceptors (Lipinski definition) is 2. The van der Waals surface area contributed by atoms with Gasteiger partial charge in [-0.2, -0.15) is 0 Å². The normalized spacial score (nSPS) is 10.0. The maximum absolute atomic E-state index is 11.9. The zero-order chi connectivity index (χ0) is 13.7. The molecule has 0 saturated heterocycles. The molecule has 0 atom stereocenters. The van der Waals surface area contributed by atoms with Gasteiger partial charge in [0.05, 0.1) is 19.2 Å². The van der Waals surface area contributed by atoms with Crippen molar-refractivity contribution in [2.75, 3.05) is 12.4 Å². The Hall–Kier alpha value is -2.00. The molecule has 4 heteroatoms. The second-order valence-electron chi connectivity index (χ2n) is 4.05. The fourth-order valence-corrected chi connectivity index (χ4v) is 1.86. The Morgan fingerprint density at radius 1 is 1.16 bits per heavy atom. The number of ether oxygens (including phenoxy) is 1. The summed E-state index contributed by atoms with van der Waals surface area (Å²) in [5.74, 6) is 0.554. The van der Waals surface area contributed by atoms with Crippen LogP contribution in [0.3, 0.4) is 0 Å². The van der Waals surface area contributed by atoms with Crippen LogP contribution in [0.15, 0.2) is 48.5 Å². The van der Waals surface area contributed by atoms with E-state index in [0.29, 0.717) is 22.9 Å². The molecule has 0 aliphatic rings. The molecule has 0 unspecified atom stereocenters. The summed E-state index contributed by atoms with van der Waals surface area (Å²) in [7, 11) is 1.57. The second-order valence-corrected chi connectivity index (χ2v) is 4.49. The smallest absolute Gasteiger partial charge is 0.228 e. The van der Waals surface area contributed by atoms with Crippen molar-refractivity contribution in [3.8, 4) is 5.75 Å². The lowest BCUT2D eigenvalue weighted by Gasteiger charge is -2.09. The molecular formula is C15H14ClNO2. The first-order valence-corrected chi connectivity index (χ1v) is 6.24. The monoisotopic (exact) mass is 275 g/mol. The summed E-state index contributed by atoms with van der Waals surface area (Å²) in [6.45, 7) is 0. The highest BCUT2D eigenvalue weighted by molar-refractivity contribution is 6.30. The van der Waals surface area contributed by atoms with E-state index in [1.54, 1.807) is 31.4 Å². The molecule has 0 aliphatic carbocycles. The van der Waals surface area contributed by atoms with Gasteiger partial charge >= 0.3 is 0 Å². The lowest BCUT2D eigenvalue weighted by Crippen LogP contribution is -2.14. The summed E-state index contributed by atoms with van der Waals surface area (Å²) in [4.78, 5) is 11.9. The third kappa shape index (κ3) is 3.73. The molecule has 0 fully saturated rings. The molecule has 98 valence electrons. The predicted octanol–water partition coefficient (Wildman–Crippen LogP) is 3.53. The summed E-state index contributed by atoms with van der Waals surface area (Å²) in [5, 5.41) is 3.49. The van der Waals surface area contributed by atoms with Crippen molar-refractivity contribution < 1.29 is 9.53 Å². The Balaban J connectivity index is 2.03. The maximum atomic E-state index is 11.9. The number of halogens is 1. The first-order chi connectivity index (χ1) is 9.19. The van der Waals surface area contributed by atoms with Crippen molar-refractivity contribution in [3.63, 3.8) is 0 Å². The minimum Gasteiger partial charge on any atom is -0.495 e. The average Bonchev–Trinajstić information content (AvgIpc) is 2.42. The number of methoxy groups -OCH3 is 1. The van der Waals surface area contributed by atoms with Gasteiger partial charge in [-0.1, -0.05) is 35.9 Å². The van der Waals surface area contributed by atoms with Gasteiger partial charge in [-0.15, -0.1) is 0 Å². The highest BCUT2D eigenvalue weighted by atomic mass is 35.5. The maximum Gasteiger partial charge on any atom is 0.228 e. The number of carbonyl (C=O) groups excluding carboxylic acids is 1. The molecule has 2 aromatic rings. The van der Waals surface area contributed by atoms with Crippen LogP contribution >= 0.6 is 11.6 Å². The van der Waals surface area contributed by atoms with Gasteiger partial charge in [0.25, 0.3) is 0 Å². The van der Waals surface area contributed by atoms with Crippen LogP contribution in [-0.4, -0.2) is 13.0 Å². The number of anilines is 1. The van der Waals surface area contributed by atoms with Crippen LogP contribution in [0.25, 0.3) is 0 Å². The zero-order valence-electron chi connectivity index (χ0n) is 10.5. The van der Waals surface area contributed by atoms with Crippen LogP contribution in [-0.2, 0) is 11.2 Å². The number of para-hydroxylation sites is 2. The molecule has 0 aromatic heterocycles. The highest BCUT2D eigenvalue weighted by Gasteiger charge is 2.07. The van der Waals surface area contributed by atoms with Crippen LogP contribution in [0.5, 0.6) is 5.75 Å². The van der Waals surface area contributed by atoms with E-state index in [4.69, 9.17) is 16.3 Å². The first-order valence-electron chi connectivity index (χ1n) is 5.86. The molecule has 0 spiro atoms. The van der Waals surface area contributed by atoms with Gasteiger partial charge in [-0.3, -0.25) is 4.79 Å². The van der Waals surface area contributed by atoms with Gasteiger partial charge in [-0.05, 0) is 29.8 Å². The summed E-state index contributed by atoms with van der Waals surface area (Å²) >= 11 is 5.80. The van der Waals surface area contributed by atoms with Crippen molar-refractivity contribution in [1.82, 2.24) is 0 Å². The molecule has 2 aromatic carbocycles. The minimum absolute atomic E-state index is 0.0909. The Labute approximate surface area is 117 Å². The SMILES string of the molecule is COc1ccccc1NC(=O)Cc1ccc(Cl)cc1. The molecule has 0 saturated carbocycles. The number of amides is 1. The average molecular weight is 276 g/mol. The molecular weight excluding hydrogens is 262 g/mol. The van der Waals surface area contributed by atoms with Crippen molar-refractivity contribution >= 4 is 23.2 Å². The lowest BCUT2D eigenvalue weighted by molar-refractivity contribution is -0.115. The topological polar surface area (TPSA) is 38.3 Å². The van der Waals surface area contributed by atoms with Crippen LogP contribution in [0.2, 0.25) is 5.02 Å². The van der Waals surface area contributed by atoms with E-state index < -0.39 is 0 Å². The van der Waals surface area contributed by atoms with Gasteiger partial charge in [0.1, 0.15) is 5.75 Å². The van der Waals surface area contributed by atoms with Gasteiger partial charge < -0.3 is 10.1 Å². The van der Waals surface area contributed by atoms with E-state index in [2.05, 4.69) is 5.32 Å². The molecule has 0 heterocycles. The van der Waals surface area contributed by atoms with E-state index in [0.717, 1.165) is 5.56 Å². The minimum atomic E-state index is -0.0909. The fraction of sp³-hybridized carbons (Fsp3) is 0.133. The Kier molecular flexibility index (Phi) is 4.42. The van der Waals surface area contributed by atoms with Crippen LogP contribution in [0.1, 0.15) is 5.56 Å². The summed E-state index contributed by atoms with van der Waals surface area (Å²) < 4.78 is 5.18. The second kappa shape index (κ2) is 6.25. The first kappa shape index (κ1) is 13.4. The zero-order valence-corrected chi connectivity index (χ0v) is 11.3. The third-order valence-electron chi connectivity index (χ3n) is 2.66. The van der Waals surface area contributed by atoms with Crippen LogP contribution < -0.4 is 10.1 Å². The van der Waals surface area contributed by atoms with Gasteiger partial charge in [0.2, 0.25) is 5.91 Å². The van der Waals surface area contributed by atoms with Crippen molar-refractivity contribution in [1.29, 1.82) is 0 Å². The number of nitrogens with one attached hydrogen (secondary N) is 1. The third-order valence-corrected chi connectivity index (χ3v) is 2.91. The summed E-state index contributed by atoms with van der Waals surface area (Å²) in [5.41, 5.74) is 1.58. The van der Waals surface area contributed by atoms with E-state index in [1.165, 1.54) is 0 Å². The van der Waals surface area contributed by atoms with Gasteiger partial charge in [0, 0.05) is 5.02 Å². The summed E-state index contributed by atoms with van der Waals surface area (Å²) in [6.07, 6.45) is 0.301. The fourth-order valence-electron chi connectivity index (χ4n) is 1.73. The van der Waals surface area contributed by atoms with Crippen LogP contribution in [0, 0.1) is 0 Å². The predicted molar refractivity (Wildman–Crippen MR) is 76.8 cm³/mol. The van der Waals surface area contributed by atoms with Gasteiger partial charge in [-0.25, -0.2) is 0 Å². The molecule has 3 nitrogen and oxygen atoms in total. The van der Waals surface area contributed by atoms with Gasteiger partial charge in [0.15, 0.2) is 0 Å². The number of benzene rings is 2. The molecule has 2 rings (SSSR count). The largest absolute Gasteiger partial charge is 0.495 e. The van der Waals surface area contributed by atoms with E-state index >= 15 is 0 Å². The molecule has 1 N–H and O–H groups in total. The Bertz CT molecular complexity index is 567. The van der Waals surface area contributed by atoms with Crippen molar-refractivity contribution in [2.45, 2.75) is 6.42 Å². The molecule has 0 aliphatic heterocycles. The number of carbonyl (C=O) groups is 1. The van der Waals surface area contributed by atoms with Crippen LogP contribution in [0.4, 0.5) is 5.69 Å². The standard InChI is InChI=1S/C15H14ClNO2/c1-19-14-5-3-2-4-13(14)17-15(18)10-11-6-8-12(16)9-7-11/h2-9H,10H2,1H3,(H,17,18). The van der Waals surface area contributed by atoms with E-state index in [9.17, 15) is 4.79 Å². The highest BCUT2D eigenvalue weighted by Crippen LogP contribution is 2.23. The number of rotatable bonds is 4. The van der Waals surface area contributed by atoms with E-state index in [-0.39, 0.29) is 5.91 Å². The summed E-state index contributed by atoms with van der Waals surface area (Å²) in [6, 6.07) is 14.5. The molecule has 0 bridgehead atoms. The van der Waals surface area contributed by atoms with E-state index in [1.807, 2.05) is 24.3 Å². The quantitative estimate of drug-likeness (QED) is 0.927. The lowest BCUT2D eigenvalue weighted by atomic mass is 10.1. The molecule has 19 heavy (non-hydrogen) atoms. The number of hydrogen-bond donors (Lipinski definition) is 1. The molecule has 0 radical (unpaired) electrons. The molecule has 1 amide bonds. The Morgan fingerprint density at radius 2 is 1.84 bits per heavy atom. The van der Waals surface area contributed by atoms with Crippen molar-refractivity contribution in [3.05, 3.63) is 59.1 Å². The van der Waals surface area contributed by atoms with Crippen molar-refractivity contribution in [2.24, 2.45) is 0 Å². The Morgan fingerprint density at radius 3 is 2.53 bits per heavy atom.